The molecule has 1 aliphatic rings. The summed E-state index contributed by atoms with van der Waals surface area (Å²) in [6, 6.07) is 4.20. The minimum Gasteiger partial charge on any atom is -0.341 e. The van der Waals surface area contributed by atoms with E-state index in [0.717, 1.165) is 5.52 Å². The lowest BCUT2D eigenvalue weighted by molar-refractivity contribution is -0.128. The monoisotopic (exact) mass is 446 g/mol. The van der Waals surface area contributed by atoms with E-state index in [-0.39, 0.29) is 34.1 Å². The van der Waals surface area contributed by atoms with Crippen molar-refractivity contribution >= 4 is 48.6 Å². The number of aryl methyl sites for hydroxylation is 1. The third-order valence-electron chi connectivity index (χ3n) is 4.80. The molecule has 12 heteroatoms. The molecule has 1 amide bonds. The van der Waals surface area contributed by atoms with Gasteiger partial charge >= 0.3 is 0 Å². The maximum Gasteiger partial charge on any atom is 0.238 e. The van der Waals surface area contributed by atoms with Gasteiger partial charge in [-0.15, -0.1) is 0 Å². The van der Waals surface area contributed by atoms with Crippen LogP contribution >= 0.6 is 11.8 Å². The van der Waals surface area contributed by atoms with Gasteiger partial charge in [0.25, 0.3) is 0 Å². The quantitative estimate of drug-likeness (QED) is 0.637. The first-order valence-corrected chi connectivity index (χ1v) is 13.0. The average Bonchev–Trinajstić information content (AvgIpc) is 3.16. The molecule has 1 aromatic heterocycles. The molecular weight excluding hydrogens is 424 g/mol. The first-order chi connectivity index (χ1) is 13.0. The van der Waals surface area contributed by atoms with E-state index in [0.29, 0.717) is 23.6 Å². The van der Waals surface area contributed by atoms with Crippen LogP contribution in [0.4, 0.5) is 0 Å². The Kier molecular flexibility index (Phi) is 5.76. The molecule has 0 spiro atoms. The molecule has 3 rings (SSSR count). The van der Waals surface area contributed by atoms with E-state index in [1.807, 2.05) is 11.5 Å². The number of aromatic nitrogens is 2. The lowest BCUT2D eigenvalue weighted by Crippen LogP contribution is -2.38. The first-order valence-electron chi connectivity index (χ1n) is 8.64. The van der Waals surface area contributed by atoms with Crippen LogP contribution in [0.15, 0.2) is 28.3 Å². The summed E-state index contributed by atoms with van der Waals surface area (Å²) in [7, 11) is -5.27. The normalized spacial score (nSPS) is 19.2. The Morgan fingerprint density at radius 2 is 2.14 bits per heavy atom. The van der Waals surface area contributed by atoms with Gasteiger partial charge in [-0.3, -0.25) is 4.79 Å². The number of carbonyl (C=O) groups excluding carboxylic acids is 1. The summed E-state index contributed by atoms with van der Waals surface area (Å²) in [4.78, 5) is 18.4. The Labute approximate surface area is 168 Å². The minimum absolute atomic E-state index is 0.00369. The Bertz CT molecular complexity index is 1120. The predicted octanol–water partition coefficient (Wildman–Crippen LogP) is 0.441. The Hall–Kier alpha value is -1.63. The van der Waals surface area contributed by atoms with Gasteiger partial charge in [-0.05, 0) is 31.5 Å². The summed E-state index contributed by atoms with van der Waals surface area (Å²) in [5.41, 5.74) is 1.23. The summed E-state index contributed by atoms with van der Waals surface area (Å²) in [6.07, 6.45) is 0.457. The van der Waals surface area contributed by atoms with E-state index in [1.54, 1.807) is 13.1 Å². The molecule has 28 heavy (non-hydrogen) atoms. The number of imidazole rings is 1. The van der Waals surface area contributed by atoms with Gasteiger partial charge in [-0.25, -0.2) is 27.0 Å². The highest BCUT2D eigenvalue weighted by Crippen LogP contribution is 2.26. The van der Waals surface area contributed by atoms with Crippen molar-refractivity contribution in [2.24, 2.45) is 5.14 Å². The maximum absolute atomic E-state index is 12.5. The molecule has 2 heterocycles. The Balaban J connectivity index is 1.77. The molecule has 1 aliphatic heterocycles. The van der Waals surface area contributed by atoms with Crippen molar-refractivity contribution in [1.82, 2.24) is 14.5 Å². The van der Waals surface area contributed by atoms with Crippen molar-refractivity contribution in [2.75, 3.05) is 24.3 Å². The highest BCUT2D eigenvalue weighted by Gasteiger charge is 2.32. The maximum atomic E-state index is 12.5. The van der Waals surface area contributed by atoms with Crippen LogP contribution in [0.5, 0.6) is 0 Å². The van der Waals surface area contributed by atoms with Crippen LogP contribution in [-0.2, 0) is 31.2 Å². The van der Waals surface area contributed by atoms with Crippen LogP contribution in [-0.4, -0.2) is 67.5 Å². The molecule has 9 nitrogen and oxygen atoms in total. The third-order valence-corrected chi connectivity index (χ3v) is 8.43. The van der Waals surface area contributed by atoms with E-state index in [4.69, 9.17) is 5.14 Å². The second kappa shape index (κ2) is 7.65. The van der Waals surface area contributed by atoms with Crippen molar-refractivity contribution in [3.63, 3.8) is 0 Å². The smallest absolute Gasteiger partial charge is 0.238 e. The van der Waals surface area contributed by atoms with Gasteiger partial charge in [0.05, 0.1) is 33.2 Å². The highest BCUT2D eigenvalue weighted by molar-refractivity contribution is 7.99. The first kappa shape index (κ1) is 21.1. The van der Waals surface area contributed by atoms with Crippen LogP contribution in [0.1, 0.15) is 13.3 Å². The number of benzene rings is 1. The van der Waals surface area contributed by atoms with E-state index in [1.165, 1.54) is 28.8 Å². The number of nitrogens with two attached hydrogens (primary N) is 1. The summed E-state index contributed by atoms with van der Waals surface area (Å²) >= 11 is 1.24. The number of fused-ring (bicyclic) bond motifs is 1. The number of sulfone groups is 1. The van der Waals surface area contributed by atoms with Crippen molar-refractivity contribution in [3.05, 3.63) is 18.2 Å². The molecule has 2 N–H and O–H groups in total. The lowest BCUT2D eigenvalue weighted by atomic mass is 10.2. The van der Waals surface area contributed by atoms with Gasteiger partial charge in [0.2, 0.25) is 15.9 Å². The summed E-state index contributed by atoms with van der Waals surface area (Å²) in [5.74, 6) is 0.0507. The van der Waals surface area contributed by atoms with Gasteiger partial charge in [-0.2, -0.15) is 0 Å². The second-order valence-corrected chi connectivity index (χ2v) is 11.4. The highest BCUT2D eigenvalue weighted by atomic mass is 32.2. The van der Waals surface area contributed by atoms with Crippen molar-refractivity contribution in [2.45, 2.75) is 36.0 Å². The number of nitrogens with zero attached hydrogens (tertiary/aromatic N) is 3. The fourth-order valence-corrected chi connectivity index (χ4v) is 6.50. The number of thioether (sulfide) groups is 1. The van der Waals surface area contributed by atoms with E-state index in [9.17, 15) is 21.6 Å². The molecule has 0 aliphatic carbocycles. The number of primary sulfonamides is 1. The van der Waals surface area contributed by atoms with Gasteiger partial charge in [0.1, 0.15) is 0 Å². The molecule has 1 saturated heterocycles. The molecule has 0 bridgehead atoms. The topological polar surface area (TPSA) is 132 Å². The van der Waals surface area contributed by atoms with Crippen LogP contribution in [0.25, 0.3) is 11.0 Å². The molecule has 0 saturated carbocycles. The summed E-state index contributed by atoms with van der Waals surface area (Å²) in [6.45, 7) is 2.52. The number of sulfonamides is 1. The zero-order valence-corrected chi connectivity index (χ0v) is 18.0. The van der Waals surface area contributed by atoms with Crippen molar-refractivity contribution < 1.29 is 21.6 Å². The predicted molar refractivity (Wildman–Crippen MR) is 107 cm³/mol. The molecule has 0 unspecified atom stereocenters. The van der Waals surface area contributed by atoms with Crippen molar-refractivity contribution in [3.8, 4) is 0 Å². The average molecular weight is 447 g/mol. The lowest BCUT2D eigenvalue weighted by Gasteiger charge is -2.23. The minimum atomic E-state index is -3.83. The van der Waals surface area contributed by atoms with Crippen LogP contribution < -0.4 is 5.14 Å². The summed E-state index contributed by atoms with van der Waals surface area (Å²) in [5, 5.41) is 5.76. The standard InChI is InChI=1S/C16H22N4O5S3/c1-3-20-14-5-4-12(28(17,24)25)8-13(14)18-16(20)26-9-15(21)19(2)11-6-7-27(22,23)10-11/h4-5,8,11H,3,6-7,9-10H2,1-2H3,(H2,17,24,25)/t11-/m1/s1. The fraction of sp³-hybridized carbons (Fsp3) is 0.500. The molecular formula is C16H22N4O5S3. The van der Waals surface area contributed by atoms with E-state index in [2.05, 4.69) is 4.98 Å². The fourth-order valence-electron chi connectivity index (χ4n) is 3.19. The second-order valence-electron chi connectivity index (χ2n) is 6.68. The molecule has 1 aromatic carbocycles. The number of rotatable bonds is 6. The number of amides is 1. The summed E-state index contributed by atoms with van der Waals surface area (Å²) < 4.78 is 48.2. The van der Waals surface area contributed by atoms with E-state index >= 15 is 0 Å². The molecule has 1 atom stereocenters. The third kappa shape index (κ3) is 4.34. The number of carbonyl (C=O) groups is 1. The van der Waals surface area contributed by atoms with Crippen molar-refractivity contribution in [1.29, 1.82) is 0 Å². The Morgan fingerprint density at radius 3 is 2.71 bits per heavy atom. The van der Waals surface area contributed by atoms with Gasteiger partial charge in [-0.1, -0.05) is 11.8 Å². The molecule has 154 valence electrons. The molecule has 1 fully saturated rings. The zero-order valence-electron chi connectivity index (χ0n) is 15.5. The molecule has 0 radical (unpaired) electrons. The zero-order chi connectivity index (χ0) is 20.7. The van der Waals surface area contributed by atoms with Gasteiger partial charge in [0.15, 0.2) is 15.0 Å². The SMILES string of the molecule is CCn1c(SCC(=O)N(C)[C@@H]2CCS(=O)(=O)C2)nc2cc(S(N)(=O)=O)ccc21. The van der Waals surface area contributed by atoms with Crippen LogP contribution in [0, 0.1) is 0 Å². The van der Waals surface area contributed by atoms with Gasteiger partial charge < -0.3 is 9.47 Å². The van der Waals surface area contributed by atoms with Gasteiger partial charge in [0, 0.05) is 19.6 Å². The van der Waals surface area contributed by atoms with Crippen LogP contribution in [0.3, 0.4) is 0 Å². The van der Waals surface area contributed by atoms with Crippen LogP contribution in [0.2, 0.25) is 0 Å². The Morgan fingerprint density at radius 1 is 1.43 bits per heavy atom. The van der Waals surface area contributed by atoms with E-state index < -0.39 is 19.9 Å². The molecule has 2 aromatic rings. The number of hydrogen-bond acceptors (Lipinski definition) is 7. The number of hydrogen-bond donors (Lipinski definition) is 1. The largest absolute Gasteiger partial charge is 0.341 e.